The molecule has 0 heterocycles. The Morgan fingerprint density at radius 3 is 2.71 bits per heavy atom. The lowest BCUT2D eigenvalue weighted by molar-refractivity contribution is -0.136. The molecule has 0 atom stereocenters. The van der Waals surface area contributed by atoms with E-state index in [-0.39, 0.29) is 5.97 Å². The van der Waals surface area contributed by atoms with Gasteiger partial charge in [-0.3, -0.25) is 0 Å². The number of hydrogen-bond acceptors (Lipinski definition) is 2. The molecule has 0 fully saturated rings. The quantitative estimate of drug-likeness (QED) is 0.532. The van der Waals surface area contributed by atoms with Gasteiger partial charge in [0.25, 0.3) is 0 Å². The van der Waals surface area contributed by atoms with Crippen molar-refractivity contribution in [2.45, 2.75) is 46.0 Å². The Balaban J connectivity index is 2.79. The highest BCUT2D eigenvalue weighted by molar-refractivity contribution is 5.88. The van der Waals surface area contributed by atoms with Gasteiger partial charge in [0.15, 0.2) is 0 Å². The van der Waals surface area contributed by atoms with E-state index in [9.17, 15) is 4.79 Å². The van der Waals surface area contributed by atoms with E-state index in [1.807, 2.05) is 13.0 Å². The predicted molar refractivity (Wildman–Crippen MR) is 70.7 cm³/mol. The molecule has 2 heteroatoms. The summed E-state index contributed by atoms with van der Waals surface area (Å²) >= 11 is 0. The van der Waals surface area contributed by atoms with Gasteiger partial charge in [0.2, 0.25) is 0 Å². The molecular formula is C15H22O2. The normalized spacial score (nSPS) is 17.0. The number of allylic oxidation sites excluding steroid dienone is 5. The molecule has 17 heavy (non-hydrogen) atoms. The van der Waals surface area contributed by atoms with Crippen molar-refractivity contribution >= 4 is 5.97 Å². The van der Waals surface area contributed by atoms with Crippen molar-refractivity contribution in [1.29, 1.82) is 0 Å². The van der Waals surface area contributed by atoms with Crippen molar-refractivity contribution in [3.8, 4) is 0 Å². The Hall–Kier alpha value is -1.31. The first-order valence-electron chi connectivity index (χ1n) is 6.34. The van der Waals surface area contributed by atoms with Gasteiger partial charge in [-0.05, 0) is 49.8 Å². The van der Waals surface area contributed by atoms with E-state index < -0.39 is 0 Å². The smallest absolute Gasteiger partial charge is 0.333 e. The topological polar surface area (TPSA) is 26.3 Å². The minimum absolute atomic E-state index is 0.235. The highest BCUT2D eigenvalue weighted by atomic mass is 16.5. The van der Waals surface area contributed by atoms with E-state index in [0.29, 0.717) is 5.57 Å². The summed E-state index contributed by atoms with van der Waals surface area (Å²) in [5.41, 5.74) is 3.35. The fraction of sp³-hybridized carbons (Fsp3) is 0.533. The maximum Gasteiger partial charge on any atom is 0.333 e. The Morgan fingerprint density at radius 2 is 2.06 bits per heavy atom. The minimum Gasteiger partial charge on any atom is -0.466 e. The van der Waals surface area contributed by atoms with Crippen molar-refractivity contribution in [2.75, 3.05) is 7.11 Å². The average Bonchev–Trinajstić information content (AvgIpc) is 2.76. The van der Waals surface area contributed by atoms with Crippen LogP contribution < -0.4 is 0 Å². The third-order valence-corrected chi connectivity index (χ3v) is 2.98. The number of carbonyl (C=O) groups excluding carboxylic acids is 1. The number of methoxy groups -OCH3 is 1. The summed E-state index contributed by atoms with van der Waals surface area (Å²) in [6, 6.07) is 0. The first-order chi connectivity index (χ1) is 8.19. The average molecular weight is 234 g/mol. The lowest BCUT2D eigenvalue weighted by Gasteiger charge is -2.01. The van der Waals surface area contributed by atoms with Crippen LogP contribution in [0.25, 0.3) is 0 Å². The molecule has 2 nitrogen and oxygen atoms in total. The van der Waals surface area contributed by atoms with Crippen LogP contribution in [0, 0.1) is 0 Å². The summed E-state index contributed by atoms with van der Waals surface area (Å²) in [7, 11) is 1.42. The second-order valence-electron chi connectivity index (χ2n) is 4.41. The zero-order valence-electron chi connectivity index (χ0n) is 11.1. The maximum absolute atomic E-state index is 11.3. The first kappa shape index (κ1) is 13.8. The Kier molecular flexibility index (Phi) is 5.75. The van der Waals surface area contributed by atoms with Crippen molar-refractivity contribution in [3.05, 3.63) is 34.9 Å². The van der Waals surface area contributed by atoms with Gasteiger partial charge in [-0.25, -0.2) is 4.79 Å². The van der Waals surface area contributed by atoms with Gasteiger partial charge < -0.3 is 4.74 Å². The van der Waals surface area contributed by atoms with Crippen LogP contribution in [0.2, 0.25) is 0 Å². The number of unbranched alkanes of at least 4 members (excludes halogenated alkanes) is 1. The van der Waals surface area contributed by atoms with Gasteiger partial charge in [-0.2, -0.15) is 0 Å². The molecule has 0 unspecified atom stereocenters. The highest BCUT2D eigenvalue weighted by Crippen LogP contribution is 2.28. The number of ether oxygens (including phenoxy) is 1. The summed E-state index contributed by atoms with van der Waals surface area (Å²) in [6.45, 7) is 3.99. The number of rotatable bonds is 5. The van der Waals surface area contributed by atoms with Gasteiger partial charge in [0.05, 0.1) is 7.11 Å². The molecule has 0 aromatic carbocycles. The molecule has 0 aromatic heterocycles. The summed E-state index contributed by atoms with van der Waals surface area (Å²) < 4.78 is 4.71. The molecule has 0 saturated carbocycles. The van der Waals surface area contributed by atoms with Crippen LogP contribution in [0.15, 0.2) is 34.9 Å². The van der Waals surface area contributed by atoms with Crippen LogP contribution in [0.5, 0.6) is 0 Å². The van der Waals surface area contributed by atoms with Crippen molar-refractivity contribution < 1.29 is 9.53 Å². The third-order valence-electron chi connectivity index (χ3n) is 2.98. The molecule has 0 bridgehead atoms. The molecule has 0 spiro atoms. The van der Waals surface area contributed by atoms with Crippen molar-refractivity contribution in [1.82, 2.24) is 0 Å². The molecule has 0 amide bonds. The summed E-state index contributed by atoms with van der Waals surface area (Å²) in [5, 5.41) is 0. The lowest BCUT2D eigenvalue weighted by Crippen LogP contribution is -2.01. The predicted octanol–water partition coefficient (Wildman–Crippen LogP) is 3.94. The lowest BCUT2D eigenvalue weighted by atomic mass is 10.1. The second kappa shape index (κ2) is 7.10. The fourth-order valence-corrected chi connectivity index (χ4v) is 2.02. The van der Waals surface area contributed by atoms with Crippen molar-refractivity contribution in [2.24, 2.45) is 0 Å². The fourth-order valence-electron chi connectivity index (χ4n) is 2.02. The van der Waals surface area contributed by atoms with Crippen LogP contribution in [-0.4, -0.2) is 13.1 Å². The molecule has 1 aliphatic rings. The molecule has 0 radical (unpaired) electrons. The van der Waals surface area contributed by atoms with Gasteiger partial charge in [-0.1, -0.05) is 25.5 Å². The molecule has 1 rings (SSSR count). The Labute approximate surface area is 104 Å². The van der Waals surface area contributed by atoms with Gasteiger partial charge in [-0.15, -0.1) is 0 Å². The van der Waals surface area contributed by atoms with E-state index in [1.165, 1.54) is 31.1 Å². The van der Waals surface area contributed by atoms with Crippen LogP contribution in [0.4, 0.5) is 0 Å². The Morgan fingerprint density at radius 1 is 1.35 bits per heavy atom. The van der Waals surface area contributed by atoms with Crippen molar-refractivity contribution in [3.63, 3.8) is 0 Å². The van der Waals surface area contributed by atoms with E-state index in [2.05, 4.69) is 19.1 Å². The van der Waals surface area contributed by atoms with Crippen LogP contribution in [-0.2, 0) is 9.53 Å². The highest BCUT2D eigenvalue weighted by Gasteiger charge is 2.12. The SMILES string of the molecule is CCC/C=C/C1=C(/C=C(\C)C(=O)OC)CCC1. The minimum atomic E-state index is -0.235. The van der Waals surface area contributed by atoms with E-state index in [0.717, 1.165) is 19.3 Å². The Bertz CT molecular complexity index is 359. The van der Waals surface area contributed by atoms with Crippen LogP contribution in [0.1, 0.15) is 46.0 Å². The van der Waals surface area contributed by atoms with Crippen LogP contribution >= 0.6 is 0 Å². The molecule has 0 aliphatic heterocycles. The standard InChI is InChI=1S/C15H22O2/c1-4-5-6-8-13-9-7-10-14(13)11-12(2)15(16)17-3/h6,8,11H,4-5,7,9-10H2,1-3H3/b8-6+,12-11+. The molecule has 0 aromatic rings. The maximum atomic E-state index is 11.3. The van der Waals surface area contributed by atoms with Gasteiger partial charge in [0, 0.05) is 5.57 Å². The van der Waals surface area contributed by atoms with E-state index in [4.69, 9.17) is 4.74 Å². The summed E-state index contributed by atoms with van der Waals surface area (Å²) in [6.07, 6.45) is 12.1. The molecular weight excluding hydrogens is 212 g/mol. The van der Waals surface area contributed by atoms with Gasteiger partial charge in [0.1, 0.15) is 0 Å². The zero-order chi connectivity index (χ0) is 12.7. The molecule has 0 N–H and O–H groups in total. The first-order valence-corrected chi connectivity index (χ1v) is 6.34. The summed E-state index contributed by atoms with van der Waals surface area (Å²) in [5.74, 6) is -0.235. The number of carbonyl (C=O) groups is 1. The van der Waals surface area contributed by atoms with E-state index >= 15 is 0 Å². The third kappa shape index (κ3) is 4.22. The number of esters is 1. The largest absolute Gasteiger partial charge is 0.466 e. The zero-order valence-corrected chi connectivity index (χ0v) is 11.1. The second-order valence-corrected chi connectivity index (χ2v) is 4.41. The summed E-state index contributed by atoms with van der Waals surface area (Å²) in [4.78, 5) is 11.3. The number of hydrogen-bond donors (Lipinski definition) is 0. The molecule has 0 saturated heterocycles. The monoisotopic (exact) mass is 234 g/mol. The van der Waals surface area contributed by atoms with Crippen LogP contribution in [0.3, 0.4) is 0 Å². The van der Waals surface area contributed by atoms with Gasteiger partial charge >= 0.3 is 5.97 Å². The molecule has 94 valence electrons. The molecule has 1 aliphatic carbocycles. The van der Waals surface area contributed by atoms with E-state index in [1.54, 1.807) is 0 Å².